The van der Waals surface area contributed by atoms with Crippen LogP contribution in [0.2, 0.25) is 0 Å². The average Bonchev–Trinajstić information content (AvgIpc) is 2.72. The van der Waals surface area contributed by atoms with Crippen molar-refractivity contribution in [2.45, 2.75) is 25.8 Å². The first kappa shape index (κ1) is 18.0. The molecule has 0 saturated carbocycles. The highest BCUT2D eigenvalue weighted by atomic mass is 16.5. The molecule has 3 nitrogen and oxygen atoms in total. The van der Waals surface area contributed by atoms with Crippen molar-refractivity contribution in [3.63, 3.8) is 0 Å². The number of nitrogens with zero attached hydrogens (tertiary/aromatic N) is 1. The number of ether oxygens (including phenoxy) is 2. The van der Waals surface area contributed by atoms with Crippen LogP contribution in [-0.2, 0) is 6.54 Å². The van der Waals surface area contributed by atoms with E-state index in [0.717, 1.165) is 31.1 Å². The third-order valence-electron chi connectivity index (χ3n) is 4.38. The Morgan fingerprint density at radius 1 is 0.692 bits per heavy atom. The second-order valence-electron chi connectivity index (χ2n) is 6.28. The van der Waals surface area contributed by atoms with Crippen LogP contribution in [0.5, 0.6) is 11.5 Å². The van der Waals surface area contributed by atoms with Crippen LogP contribution in [0.4, 0.5) is 0 Å². The number of aryl methyl sites for hydroxylation is 1. The van der Waals surface area contributed by atoms with E-state index in [4.69, 9.17) is 9.47 Å². The fraction of sp³-hybridized carbons (Fsp3) is 0.261. The van der Waals surface area contributed by atoms with Crippen LogP contribution in [0.3, 0.4) is 0 Å². The SMILES string of the molecule is COc1ccc(-c2ccc(OCCCCC[n+]3ccccc3)cc2)cc1. The molecule has 0 amide bonds. The molecule has 26 heavy (non-hydrogen) atoms. The maximum atomic E-state index is 5.86. The molecule has 0 aliphatic carbocycles. The normalized spacial score (nSPS) is 10.5. The van der Waals surface area contributed by atoms with Crippen LogP contribution in [0.15, 0.2) is 79.1 Å². The van der Waals surface area contributed by atoms with E-state index in [2.05, 4.69) is 53.4 Å². The number of unbranched alkanes of at least 4 members (excludes halogenated alkanes) is 2. The molecule has 0 N–H and O–H groups in total. The Balaban J connectivity index is 1.38. The number of pyridine rings is 1. The maximum Gasteiger partial charge on any atom is 0.168 e. The van der Waals surface area contributed by atoms with Gasteiger partial charge in [0.15, 0.2) is 12.4 Å². The molecule has 0 bridgehead atoms. The lowest BCUT2D eigenvalue weighted by Gasteiger charge is -2.08. The molecule has 0 atom stereocenters. The Labute approximate surface area is 155 Å². The summed E-state index contributed by atoms with van der Waals surface area (Å²) >= 11 is 0. The van der Waals surface area contributed by atoms with Gasteiger partial charge < -0.3 is 9.47 Å². The Morgan fingerprint density at radius 2 is 1.31 bits per heavy atom. The highest BCUT2D eigenvalue weighted by Gasteiger charge is 2.01. The van der Waals surface area contributed by atoms with Gasteiger partial charge in [-0.15, -0.1) is 0 Å². The van der Waals surface area contributed by atoms with Crippen molar-refractivity contribution in [3.05, 3.63) is 79.1 Å². The molecule has 1 heterocycles. The van der Waals surface area contributed by atoms with Crippen LogP contribution in [0, 0.1) is 0 Å². The van der Waals surface area contributed by atoms with E-state index < -0.39 is 0 Å². The van der Waals surface area contributed by atoms with Gasteiger partial charge in [-0.25, -0.2) is 4.57 Å². The lowest BCUT2D eigenvalue weighted by atomic mass is 10.1. The maximum absolute atomic E-state index is 5.86. The first-order chi connectivity index (χ1) is 12.8. The Morgan fingerprint density at radius 3 is 1.92 bits per heavy atom. The summed E-state index contributed by atoms with van der Waals surface area (Å²) in [5.74, 6) is 1.80. The summed E-state index contributed by atoms with van der Waals surface area (Å²) in [5, 5.41) is 0. The van der Waals surface area contributed by atoms with Crippen molar-refractivity contribution < 1.29 is 14.0 Å². The lowest BCUT2D eigenvalue weighted by Crippen LogP contribution is -2.32. The van der Waals surface area contributed by atoms with Gasteiger partial charge in [-0.05, 0) is 48.2 Å². The van der Waals surface area contributed by atoms with E-state index in [1.807, 2.05) is 30.3 Å². The molecule has 0 saturated heterocycles. The number of hydrogen-bond acceptors (Lipinski definition) is 2. The van der Waals surface area contributed by atoms with Crippen LogP contribution in [-0.4, -0.2) is 13.7 Å². The fourth-order valence-electron chi connectivity index (χ4n) is 2.87. The molecular formula is C23H26NO2+. The first-order valence-corrected chi connectivity index (χ1v) is 9.16. The van der Waals surface area contributed by atoms with Crippen LogP contribution >= 0.6 is 0 Å². The molecule has 0 radical (unpaired) electrons. The number of hydrogen-bond donors (Lipinski definition) is 0. The number of benzene rings is 2. The molecule has 0 aliphatic heterocycles. The average molecular weight is 348 g/mol. The summed E-state index contributed by atoms with van der Waals surface area (Å²) in [4.78, 5) is 0. The van der Waals surface area contributed by atoms with Crippen LogP contribution in [0.25, 0.3) is 11.1 Å². The minimum Gasteiger partial charge on any atom is -0.497 e. The fourth-order valence-corrected chi connectivity index (χ4v) is 2.87. The van der Waals surface area contributed by atoms with Crippen molar-refractivity contribution in [2.75, 3.05) is 13.7 Å². The minimum atomic E-state index is 0.765. The largest absolute Gasteiger partial charge is 0.497 e. The molecular weight excluding hydrogens is 322 g/mol. The second-order valence-corrected chi connectivity index (χ2v) is 6.28. The molecule has 1 aromatic heterocycles. The summed E-state index contributed by atoms with van der Waals surface area (Å²) in [5.41, 5.74) is 2.36. The predicted octanol–water partition coefficient (Wildman–Crippen LogP) is 4.90. The molecule has 3 aromatic rings. The quantitative estimate of drug-likeness (QED) is 0.405. The number of aromatic nitrogens is 1. The summed E-state index contributed by atoms with van der Waals surface area (Å²) < 4.78 is 13.3. The van der Waals surface area contributed by atoms with Gasteiger partial charge in [-0.3, -0.25) is 0 Å². The van der Waals surface area contributed by atoms with Gasteiger partial charge in [0, 0.05) is 18.6 Å². The smallest absolute Gasteiger partial charge is 0.168 e. The van der Waals surface area contributed by atoms with Crippen molar-refractivity contribution in [1.82, 2.24) is 0 Å². The molecule has 3 rings (SSSR count). The van der Waals surface area contributed by atoms with Gasteiger partial charge in [0.1, 0.15) is 18.0 Å². The third kappa shape index (κ3) is 5.35. The zero-order chi connectivity index (χ0) is 18.0. The van der Waals surface area contributed by atoms with Crippen LogP contribution < -0.4 is 14.0 Å². The van der Waals surface area contributed by atoms with Crippen molar-refractivity contribution >= 4 is 0 Å². The van der Waals surface area contributed by atoms with E-state index in [9.17, 15) is 0 Å². The molecule has 0 unspecified atom stereocenters. The Kier molecular flexibility index (Phi) is 6.66. The van der Waals surface area contributed by atoms with E-state index in [1.165, 1.54) is 24.0 Å². The number of rotatable bonds is 9. The Bertz CT molecular complexity index is 768. The Hall–Kier alpha value is -2.81. The first-order valence-electron chi connectivity index (χ1n) is 9.16. The van der Waals surface area contributed by atoms with Crippen molar-refractivity contribution in [1.29, 1.82) is 0 Å². The monoisotopic (exact) mass is 348 g/mol. The zero-order valence-electron chi connectivity index (χ0n) is 15.3. The predicted molar refractivity (Wildman–Crippen MR) is 104 cm³/mol. The van der Waals surface area contributed by atoms with Gasteiger partial charge in [0.05, 0.1) is 13.7 Å². The van der Waals surface area contributed by atoms with Gasteiger partial charge in [-0.1, -0.05) is 30.3 Å². The summed E-state index contributed by atoms with van der Waals surface area (Å²) in [6.07, 6.45) is 7.65. The molecule has 0 spiro atoms. The van der Waals surface area contributed by atoms with Crippen LogP contribution in [0.1, 0.15) is 19.3 Å². The highest BCUT2D eigenvalue weighted by Crippen LogP contribution is 2.24. The van der Waals surface area contributed by atoms with Crippen molar-refractivity contribution in [2.24, 2.45) is 0 Å². The third-order valence-corrected chi connectivity index (χ3v) is 4.38. The number of methoxy groups -OCH3 is 1. The summed E-state index contributed by atoms with van der Waals surface area (Å²) in [7, 11) is 1.68. The van der Waals surface area contributed by atoms with Gasteiger partial charge >= 0.3 is 0 Å². The molecule has 2 aromatic carbocycles. The van der Waals surface area contributed by atoms with E-state index >= 15 is 0 Å². The summed E-state index contributed by atoms with van der Waals surface area (Å²) in [6.45, 7) is 1.83. The second kappa shape index (κ2) is 9.62. The minimum absolute atomic E-state index is 0.765. The topological polar surface area (TPSA) is 22.3 Å². The van der Waals surface area contributed by atoms with E-state index in [0.29, 0.717) is 0 Å². The molecule has 134 valence electrons. The van der Waals surface area contributed by atoms with Gasteiger partial charge in [-0.2, -0.15) is 0 Å². The van der Waals surface area contributed by atoms with Gasteiger partial charge in [0.2, 0.25) is 0 Å². The standard InChI is InChI=1S/C23H26NO2/c1-25-22-12-8-20(9-13-22)21-10-14-23(15-11-21)26-19-7-3-6-18-24-16-4-2-5-17-24/h2,4-5,8-17H,3,6-7,18-19H2,1H3/q+1. The van der Waals surface area contributed by atoms with E-state index in [-0.39, 0.29) is 0 Å². The molecule has 3 heteroatoms. The molecule has 0 fully saturated rings. The molecule has 0 aliphatic rings. The van der Waals surface area contributed by atoms with Gasteiger partial charge in [0.25, 0.3) is 0 Å². The highest BCUT2D eigenvalue weighted by molar-refractivity contribution is 5.64. The lowest BCUT2D eigenvalue weighted by molar-refractivity contribution is -0.697. The zero-order valence-corrected chi connectivity index (χ0v) is 15.3. The summed E-state index contributed by atoms with van der Waals surface area (Å²) in [6, 6.07) is 22.6. The van der Waals surface area contributed by atoms with E-state index in [1.54, 1.807) is 7.11 Å². The van der Waals surface area contributed by atoms with Crippen molar-refractivity contribution in [3.8, 4) is 22.6 Å².